The zero-order valence-electron chi connectivity index (χ0n) is 21.0. The van der Waals surface area contributed by atoms with Crippen molar-refractivity contribution in [3.63, 3.8) is 0 Å². The van der Waals surface area contributed by atoms with Crippen molar-refractivity contribution >= 4 is 0 Å². The standard InChI is InChI=1S/C28H50O2/c1-7-15-27(6)25-14-16-26(5)23(21(4)10-8-9-20(2)3)11-12-24(26)22(25)13-17-28(27)29-18-19-30-28/h20-25H,7-19H2,1-6H3/t21-,22+,23-,24+,25+,26-,27-/m1/s1. The fraction of sp³-hybridized carbons (Fsp3) is 1.00. The van der Waals surface area contributed by atoms with Gasteiger partial charge in [-0.1, -0.05) is 67.2 Å². The topological polar surface area (TPSA) is 18.5 Å². The Morgan fingerprint density at radius 1 is 0.867 bits per heavy atom. The van der Waals surface area contributed by atoms with Gasteiger partial charge in [-0.05, 0) is 79.4 Å². The minimum atomic E-state index is -0.278. The predicted octanol–water partition coefficient (Wildman–Crippen LogP) is 7.85. The zero-order chi connectivity index (χ0) is 21.6. The molecule has 0 aromatic heterocycles. The van der Waals surface area contributed by atoms with Crippen molar-refractivity contribution in [1.29, 1.82) is 0 Å². The summed E-state index contributed by atoms with van der Waals surface area (Å²) < 4.78 is 12.9. The molecule has 0 amide bonds. The van der Waals surface area contributed by atoms with Crippen LogP contribution in [0.25, 0.3) is 0 Å². The van der Waals surface area contributed by atoms with Gasteiger partial charge in [-0.25, -0.2) is 0 Å². The third-order valence-electron chi connectivity index (χ3n) is 10.7. The molecule has 0 aromatic carbocycles. The van der Waals surface area contributed by atoms with Crippen LogP contribution in [0.2, 0.25) is 0 Å². The van der Waals surface area contributed by atoms with Crippen LogP contribution < -0.4 is 0 Å². The fourth-order valence-corrected chi connectivity index (χ4v) is 9.25. The van der Waals surface area contributed by atoms with Gasteiger partial charge in [0, 0.05) is 11.8 Å². The van der Waals surface area contributed by atoms with Crippen LogP contribution in [0.15, 0.2) is 0 Å². The minimum Gasteiger partial charge on any atom is -0.347 e. The smallest absolute Gasteiger partial charge is 0.174 e. The van der Waals surface area contributed by atoms with Gasteiger partial charge in [0.15, 0.2) is 5.79 Å². The van der Waals surface area contributed by atoms with Crippen LogP contribution in [0.5, 0.6) is 0 Å². The number of hydrogen-bond acceptors (Lipinski definition) is 2. The first-order valence-corrected chi connectivity index (χ1v) is 13.6. The van der Waals surface area contributed by atoms with Gasteiger partial charge in [0.25, 0.3) is 0 Å². The van der Waals surface area contributed by atoms with Crippen LogP contribution in [0, 0.1) is 46.3 Å². The second kappa shape index (κ2) is 8.69. The highest BCUT2D eigenvalue weighted by molar-refractivity contribution is 5.11. The summed E-state index contributed by atoms with van der Waals surface area (Å²) in [4.78, 5) is 0. The number of rotatable bonds is 7. The Kier molecular flexibility index (Phi) is 6.69. The molecular formula is C28H50O2. The van der Waals surface area contributed by atoms with Crippen molar-refractivity contribution in [2.24, 2.45) is 46.3 Å². The Bertz CT molecular complexity index is 579. The summed E-state index contributed by atoms with van der Waals surface area (Å²) in [5.74, 6) is 5.04. The van der Waals surface area contributed by atoms with Crippen molar-refractivity contribution in [3.8, 4) is 0 Å². The third kappa shape index (κ3) is 3.60. The van der Waals surface area contributed by atoms with Gasteiger partial charge < -0.3 is 9.47 Å². The summed E-state index contributed by atoms with van der Waals surface area (Å²) in [5, 5.41) is 0. The zero-order valence-corrected chi connectivity index (χ0v) is 21.0. The first kappa shape index (κ1) is 23.1. The molecule has 3 saturated carbocycles. The summed E-state index contributed by atoms with van der Waals surface area (Å²) in [6.45, 7) is 16.5. The molecule has 1 aliphatic heterocycles. The van der Waals surface area contributed by atoms with Crippen molar-refractivity contribution < 1.29 is 9.47 Å². The van der Waals surface area contributed by atoms with E-state index < -0.39 is 0 Å². The van der Waals surface area contributed by atoms with Gasteiger partial charge in [-0.3, -0.25) is 0 Å². The molecule has 7 atom stereocenters. The lowest BCUT2D eigenvalue weighted by atomic mass is 9.46. The summed E-state index contributed by atoms with van der Waals surface area (Å²) in [7, 11) is 0. The van der Waals surface area contributed by atoms with E-state index in [1.54, 1.807) is 0 Å². The van der Waals surface area contributed by atoms with E-state index in [1.165, 1.54) is 64.2 Å². The lowest BCUT2D eigenvalue weighted by molar-refractivity contribution is -0.292. The maximum absolute atomic E-state index is 6.44. The van der Waals surface area contributed by atoms with Gasteiger partial charge in [0.2, 0.25) is 0 Å². The van der Waals surface area contributed by atoms with Gasteiger partial charge in [0.05, 0.1) is 13.2 Å². The average molecular weight is 419 g/mol. The lowest BCUT2D eigenvalue weighted by Crippen LogP contribution is -2.60. The molecule has 2 nitrogen and oxygen atoms in total. The van der Waals surface area contributed by atoms with E-state index >= 15 is 0 Å². The van der Waals surface area contributed by atoms with Crippen LogP contribution in [-0.2, 0) is 9.47 Å². The maximum atomic E-state index is 6.44. The highest BCUT2D eigenvalue weighted by Gasteiger charge is 2.65. The number of fused-ring (bicyclic) bond motifs is 3. The van der Waals surface area contributed by atoms with Gasteiger partial charge in [-0.2, -0.15) is 0 Å². The summed E-state index contributed by atoms with van der Waals surface area (Å²) in [5.41, 5.74) is 0.775. The molecule has 0 aromatic rings. The number of ether oxygens (including phenoxy) is 2. The fourth-order valence-electron chi connectivity index (χ4n) is 9.25. The van der Waals surface area contributed by atoms with Crippen molar-refractivity contribution in [3.05, 3.63) is 0 Å². The van der Waals surface area contributed by atoms with Crippen LogP contribution in [0.1, 0.15) is 112 Å². The van der Waals surface area contributed by atoms with Gasteiger partial charge in [-0.15, -0.1) is 0 Å². The summed E-state index contributed by atoms with van der Waals surface area (Å²) in [6, 6.07) is 0. The van der Waals surface area contributed by atoms with E-state index in [-0.39, 0.29) is 11.2 Å². The van der Waals surface area contributed by atoms with E-state index in [1.807, 2.05) is 0 Å². The Hall–Kier alpha value is -0.0800. The first-order valence-electron chi connectivity index (χ1n) is 13.6. The average Bonchev–Trinajstić information content (AvgIpc) is 3.30. The third-order valence-corrected chi connectivity index (χ3v) is 10.7. The largest absolute Gasteiger partial charge is 0.347 e. The van der Waals surface area contributed by atoms with E-state index in [2.05, 4.69) is 41.5 Å². The molecule has 0 bridgehead atoms. The molecule has 3 aliphatic carbocycles. The van der Waals surface area contributed by atoms with Crippen LogP contribution >= 0.6 is 0 Å². The molecule has 1 spiro atoms. The molecule has 4 rings (SSSR count). The van der Waals surface area contributed by atoms with Crippen molar-refractivity contribution in [2.75, 3.05) is 13.2 Å². The molecule has 30 heavy (non-hydrogen) atoms. The molecule has 2 heteroatoms. The summed E-state index contributed by atoms with van der Waals surface area (Å²) in [6.07, 6.45) is 15.0. The highest BCUT2D eigenvalue weighted by atomic mass is 16.7. The molecule has 0 N–H and O–H groups in total. The second-order valence-corrected chi connectivity index (χ2v) is 12.6. The van der Waals surface area contributed by atoms with Crippen LogP contribution in [0.3, 0.4) is 0 Å². The molecular weight excluding hydrogens is 368 g/mol. The minimum absolute atomic E-state index is 0.198. The first-order chi connectivity index (χ1) is 14.3. The van der Waals surface area contributed by atoms with Crippen LogP contribution in [-0.4, -0.2) is 19.0 Å². The van der Waals surface area contributed by atoms with E-state index in [9.17, 15) is 0 Å². The molecule has 1 saturated heterocycles. The highest BCUT2D eigenvalue weighted by Crippen LogP contribution is 2.69. The lowest BCUT2D eigenvalue weighted by Gasteiger charge is -2.61. The normalized spacial score (nSPS) is 43.7. The van der Waals surface area contributed by atoms with Crippen molar-refractivity contribution in [2.45, 2.75) is 118 Å². The molecule has 1 heterocycles. The molecule has 0 unspecified atom stereocenters. The molecule has 0 radical (unpaired) electrons. The molecule has 174 valence electrons. The van der Waals surface area contributed by atoms with Crippen LogP contribution in [0.4, 0.5) is 0 Å². The Morgan fingerprint density at radius 2 is 1.60 bits per heavy atom. The number of hydrogen-bond donors (Lipinski definition) is 0. The second-order valence-electron chi connectivity index (χ2n) is 12.6. The molecule has 4 fully saturated rings. The van der Waals surface area contributed by atoms with E-state index in [0.717, 1.165) is 55.1 Å². The Morgan fingerprint density at radius 3 is 2.27 bits per heavy atom. The van der Waals surface area contributed by atoms with E-state index in [0.29, 0.717) is 5.41 Å². The quantitative estimate of drug-likeness (QED) is 0.419. The molecule has 4 aliphatic rings. The predicted molar refractivity (Wildman–Crippen MR) is 125 cm³/mol. The van der Waals surface area contributed by atoms with E-state index in [4.69, 9.17) is 9.47 Å². The summed E-state index contributed by atoms with van der Waals surface area (Å²) >= 11 is 0. The van der Waals surface area contributed by atoms with Gasteiger partial charge >= 0.3 is 0 Å². The Labute approximate surface area is 187 Å². The maximum Gasteiger partial charge on any atom is 0.174 e. The monoisotopic (exact) mass is 418 g/mol. The van der Waals surface area contributed by atoms with Gasteiger partial charge in [0.1, 0.15) is 0 Å². The SMILES string of the molecule is CCC[C@]1(C)[C@H]2CC[C@]3(C)[C@@H]([C@H](C)CCCC(C)C)CC[C@H]3[C@@H]2CCC12OCCO2. The van der Waals surface area contributed by atoms with Crippen molar-refractivity contribution in [1.82, 2.24) is 0 Å². The Balaban J connectivity index is 1.51.